The molecule has 0 bridgehead atoms. The maximum Gasteiger partial charge on any atom is 0.328 e. The molecule has 2 saturated heterocycles. The quantitative estimate of drug-likeness (QED) is 0.298. The van der Waals surface area contributed by atoms with Crippen molar-refractivity contribution in [2.24, 2.45) is 11.8 Å². The van der Waals surface area contributed by atoms with E-state index in [1.807, 2.05) is 0 Å². The molecule has 11 nitrogen and oxygen atoms in total. The number of aliphatic carboxylic acids is 2. The first-order chi connectivity index (χ1) is 19.7. The Balaban J connectivity index is 0.000000426. The van der Waals surface area contributed by atoms with Gasteiger partial charge in [-0.05, 0) is 70.0 Å². The van der Waals surface area contributed by atoms with E-state index in [0.29, 0.717) is 44.1 Å². The summed E-state index contributed by atoms with van der Waals surface area (Å²) in [5, 5.41) is 25.5. The summed E-state index contributed by atoms with van der Waals surface area (Å²) in [4.78, 5) is 50.8. The van der Waals surface area contributed by atoms with Gasteiger partial charge >= 0.3 is 11.9 Å². The van der Waals surface area contributed by atoms with E-state index >= 15 is 0 Å². The highest BCUT2D eigenvalue weighted by atomic mass is 16.5. The lowest BCUT2D eigenvalue weighted by molar-refractivity contribution is -0.140. The van der Waals surface area contributed by atoms with Crippen LogP contribution in [-0.4, -0.2) is 100 Å². The van der Waals surface area contributed by atoms with Gasteiger partial charge in [0.2, 0.25) is 11.8 Å². The number of carboxylic acids is 2. The second kappa shape index (κ2) is 14.5. The second-order valence-electron chi connectivity index (χ2n) is 11.2. The van der Waals surface area contributed by atoms with Crippen molar-refractivity contribution < 1.29 is 39.2 Å². The number of anilines is 1. The van der Waals surface area contributed by atoms with Crippen molar-refractivity contribution in [1.29, 1.82) is 0 Å². The fraction of sp³-hybridized carbons (Fsp3) is 0.600. The van der Waals surface area contributed by atoms with E-state index in [0.717, 1.165) is 57.7 Å². The van der Waals surface area contributed by atoms with Gasteiger partial charge in [-0.25, -0.2) is 9.59 Å². The number of fused-ring (bicyclic) bond motifs is 1. The van der Waals surface area contributed by atoms with Crippen molar-refractivity contribution in [3.63, 3.8) is 0 Å². The molecular formula is C30H41N3O8. The number of rotatable bonds is 9. The zero-order valence-electron chi connectivity index (χ0n) is 23.4. The zero-order valence-corrected chi connectivity index (χ0v) is 23.4. The van der Waals surface area contributed by atoms with Gasteiger partial charge in [-0.15, -0.1) is 0 Å². The lowest BCUT2D eigenvalue weighted by Gasteiger charge is -2.37. The SMILES string of the molecule is O=C(O)/C=C\C(=O)O.O=C1C2CCC(O)CC2C(=O)N1CCCN1CCN(c2ccccc2OC2CCCC2)CC1. The molecule has 2 aliphatic carbocycles. The Hall–Kier alpha value is -3.44. The minimum atomic E-state index is -1.26. The summed E-state index contributed by atoms with van der Waals surface area (Å²) in [7, 11) is 0. The first kappa shape index (κ1) is 30.5. The van der Waals surface area contributed by atoms with Crippen LogP contribution >= 0.6 is 0 Å². The number of carboxylic acid groups (broad SMARTS) is 2. The van der Waals surface area contributed by atoms with Crippen LogP contribution in [0.15, 0.2) is 36.4 Å². The number of ether oxygens (including phenoxy) is 1. The van der Waals surface area contributed by atoms with Gasteiger partial charge in [-0.3, -0.25) is 19.4 Å². The van der Waals surface area contributed by atoms with Crippen LogP contribution in [-0.2, 0) is 19.2 Å². The summed E-state index contributed by atoms with van der Waals surface area (Å²) in [6, 6.07) is 8.41. The molecule has 4 aliphatic rings. The van der Waals surface area contributed by atoms with Crippen molar-refractivity contribution in [2.45, 2.75) is 63.6 Å². The Kier molecular flexibility index (Phi) is 10.8. The minimum absolute atomic E-state index is 0.0133. The fourth-order valence-corrected chi connectivity index (χ4v) is 6.26. The van der Waals surface area contributed by atoms with E-state index in [1.54, 1.807) is 0 Å². The van der Waals surface area contributed by atoms with E-state index in [9.17, 15) is 24.3 Å². The number of benzene rings is 1. The van der Waals surface area contributed by atoms with Gasteiger partial charge in [-0.1, -0.05) is 12.1 Å². The lowest BCUT2D eigenvalue weighted by Crippen LogP contribution is -2.47. The molecule has 0 aromatic heterocycles. The van der Waals surface area contributed by atoms with Crippen LogP contribution in [0, 0.1) is 11.8 Å². The molecular weight excluding hydrogens is 530 g/mol. The average Bonchev–Trinajstić information content (AvgIpc) is 3.55. The number of aliphatic hydroxyl groups is 1. The molecule has 4 fully saturated rings. The highest BCUT2D eigenvalue weighted by Gasteiger charge is 2.49. The molecule has 2 aliphatic heterocycles. The third kappa shape index (κ3) is 8.29. The largest absolute Gasteiger partial charge is 0.488 e. The first-order valence-corrected chi connectivity index (χ1v) is 14.6. The number of hydrogen-bond acceptors (Lipinski definition) is 8. The van der Waals surface area contributed by atoms with E-state index < -0.39 is 18.0 Å². The summed E-state index contributed by atoms with van der Waals surface area (Å²) >= 11 is 0. The number of amides is 2. The number of aliphatic hydroxyl groups excluding tert-OH is 1. The molecule has 3 atom stereocenters. The van der Waals surface area contributed by atoms with Crippen molar-refractivity contribution in [3.8, 4) is 5.75 Å². The molecule has 1 aromatic carbocycles. The normalized spacial score (nSPS) is 25.2. The van der Waals surface area contributed by atoms with Crippen molar-refractivity contribution in [3.05, 3.63) is 36.4 Å². The van der Waals surface area contributed by atoms with Crippen molar-refractivity contribution in [2.75, 3.05) is 44.2 Å². The standard InChI is InChI=1S/C26H37N3O4.C4H4O4/c30-19-10-11-21-22(18-19)26(32)29(25(21)31)13-5-12-27-14-16-28(17-15-27)23-8-3-4-9-24(23)33-20-6-1-2-7-20;5-3(6)1-2-4(7)8/h3-4,8-9,19-22,30H,1-2,5-7,10-18H2;1-2H,(H,5,6)(H,7,8)/b;2-1-. The number of carbonyl (C=O) groups excluding carboxylic acids is 2. The lowest BCUT2D eigenvalue weighted by atomic mass is 9.80. The molecule has 11 heteroatoms. The van der Waals surface area contributed by atoms with Gasteiger partial charge in [0.1, 0.15) is 5.75 Å². The minimum Gasteiger partial charge on any atom is -0.488 e. The van der Waals surface area contributed by atoms with Crippen molar-refractivity contribution >= 4 is 29.4 Å². The predicted octanol–water partition coefficient (Wildman–Crippen LogP) is 2.38. The van der Waals surface area contributed by atoms with E-state index in [1.165, 1.54) is 23.4 Å². The van der Waals surface area contributed by atoms with Gasteiger partial charge in [0.05, 0.1) is 29.7 Å². The number of hydrogen-bond donors (Lipinski definition) is 3. The van der Waals surface area contributed by atoms with Crippen LogP contribution in [0.1, 0.15) is 51.4 Å². The van der Waals surface area contributed by atoms with Crippen LogP contribution in [0.5, 0.6) is 5.75 Å². The van der Waals surface area contributed by atoms with Gasteiger partial charge in [0.25, 0.3) is 0 Å². The first-order valence-electron chi connectivity index (χ1n) is 14.6. The number of para-hydroxylation sites is 2. The van der Waals surface area contributed by atoms with E-state index in [2.05, 4.69) is 34.1 Å². The molecule has 1 aromatic rings. The fourth-order valence-electron chi connectivity index (χ4n) is 6.26. The number of piperazine rings is 1. The highest BCUT2D eigenvalue weighted by Crippen LogP contribution is 2.38. The maximum atomic E-state index is 12.7. The number of carbonyl (C=O) groups is 4. The van der Waals surface area contributed by atoms with Crippen LogP contribution < -0.4 is 9.64 Å². The monoisotopic (exact) mass is 571 g/mol. The molecule has 0 spiro atoms. The maximum absolute atomic E-state index is 12.7. The van der Waals surface area contributed by atoms with E-state index in [4.69, 9.17) is 14.9 Å². The third-order valence-corrected chi connectivity index (χ3v) is 8.39. The molecule has 224 valence electrons. The summed E-state index contributed by atoms with van der Waals surface area (Å²) in [6.45, 7) is 5.24. The highest BCUT2D eigenvalue weighted by molar-refractivity contribution is 6.05. The van der Waals surface area contributed by atoms with Crippen LogP contribution in [0.3, 0.4) is 0 Å². The number of likely N-dealkylation sites (tertiary alicyclic amines) is 1. The molecule has 2 heterocycles. The smallest absolute Gasteiger partial charge is 0.328 e. The van der Waals surface area contributed by atoms with E-state index in [-0.39, 0.29) is 23.7 Å². The number of imide groups is 1. The topological polar surface area (TPSA) is 148 Å². The van der Waals surface area contributed by atoms with Gasteiger partial charge in [-0.2, -0.15) is 0 Å². The van der Waals surface area contributed by atoms with Crippen molar-refractivity contribution in [1.82, 2.24) is 9.80 Å². The Bertz CT molecular complexity index is 1090. The van der Waals surface area contributed by atoms with Gasteiger partial charge in [0.15, 0.2) is 0 Å². The molecule has 2 saturated carbocycles. The molecule has 0 radical (unpaired) electrons. The Morgan fingerprint density at radius 2 is 1.49 bits per heavy atom. The molecule has 2 amide bonds. The van der Waals surface area contributed by atoms with Gasteiger partial charge in [0, 0.05) is 44.9 Å². The third-order valence-electron chi connectivity index (χ3n) is 8.39. The average molecular weight is 572 g/mol. The molecule has 5 rings (SSSR count). The summed E-state index contributed by atoms with van der Waals surface area (Å²) in [5.41, 5.74) is 1.20. The van der Waals surface area contributed by atoms with Gasteiger partial charge < -0.3 is 25.0 Å². The zero-order chi connectivity index (χ0) is 29.4. The summed E-state index contributed by atoms with van der Waals surface area (Å²) < 4.78 is 6.33. The molecule has 41 heavy (non-hydrogen) atoms. The Labute approximate surface area is 240 Å². The molecule has 3 N–H and O–H groups in total. The second-order valence-corrected chi connectivity index (χ2v) is 11.2. The Morgan fingerprint density at radius 1 is 0.854 bits per heavy atom. The van der Waals surface area contributed by atoms with Crippen LogP contribution in [0.25, 0.3) is 0 Å². The Morgan fingerprint density at radius 3 is 2.15 bits per heavy atom. The molecule has 3 unspecified atom stereocenters. The van der Waals surface area contributed by atoms with Crippen LogP contribution in [0.2, 0.25) is 0 Å². The summed E-state index contributed by atoms with van der Waals surface area (Å²) in [6.07, 6.45) is 8.41. The van der Waals surface area contributed by atoms with Crippen LogP contribution in [0.4, 0.5) is 5.69 Å². The predicted molar refractivity (Wildman–Crippen MR) is 151 cm³/mol. The summed E-state index contributed by atoms with van der Waals surface area (Å²) in [5.74, 6) is -2.07. The number of nitrogens with zero attached hydrogens (tertiary/aromatic N) is 3.